The lowest BCUT2D eigenvalue weighted by Crippen LogP contribution is -2.49. The monoisotopic (exact) mass is 676 g/mol. The molecule has 0 spiro atoms. The van der Waals surface area contributed by atoms with Crippen LogP contribution in [-0.2, 0) is 24.1 Å². The van der Waals surface area contributed by atoms with E-state index in [1.54, 1.807) is 60.7 Å². The van der Waals surface area contributed by atoms with Crippen LogP contribution in [0.15, 0.2) is 82.7 Å². The van der Waals surface area contributed by atoms with Crippen molar-refractivity contribution in [2.45, 2.75) is 55.8 Å². The van der Waals surface area contributed by atoms with E-state index in [1.807, 2.05) is 13.8 Å². The quantitative estimate of drug-likeness (QED) is 0.184. The Bertz CT molecular complexity index is 1570. The van der Waals surface area contributed by atoms with Gasteiger partial charge in [-0.25, -0.2) is 13.4 Å². The van der Waals surface area contributed by atoms with E-state index >= 15 is 0 Å². The molecule has 0 saturated carbocycles. The molecule has 0 radical (unpaired) electrons. The number of ether oxygens (including phenoxy) is 3. The Labute approximate surface area is 274 Å². The molecule has 45 heavy (non-hydrogen) atoms. The second kappa shape index (κ2) is 15.9. The fourth-order valence-corrected chi connectivity index (χ4v) is 6.74. The molecule has 0 unspecified atom stereocenters. The van der Waals surface area contributed by atoms with Gasteiger partial charge in [0.2, 0.25) is 5.90 Å². The molecule has 3 aromatic carbocycles. The average molecular weight is 678 g/mol. The number of nitrogens with one attached hydrogen (secondary N) is 1. The molecule has 0 aliphatic carbocycles. The predicted octanol–water partition coefficient (Wildman–Crippen LogP) is 5.81. The number of nitrogens with zero attached hydrogens (tertiary/aromatic N) is 1. The first kappa shape index (κ1) is 34.7. The van der Waals surface area contributed by atoms with Crippen molar-refractivity contribution in [1.29, 1.82) is 0 Å². The summed E-state index contributed by atoms with van der Waals surface area (Å²) in [7, 11) is -3.79. The standard InChI is InChI=1S/C33H38Cl2N2O7S/c1-23(2)42-19-6-17-36-32(39)33(16-21-45(40,41)27-8-4-3-5-9-27)30(28-15-12-25(34)22-29(28)35)44-31(37-33)24-10-13-26(14-11-24)43-20-7-18-38/h3-5,8-15,22-23,30,38H,6-7,16-21H2,1-2H3,(H,36,39)/t30-,33-/m1/s1. The molecule has 0 bridgehead atoms. The van der Waals surface area contributed by atoms with E-state index in [0.29, 0.717) is 48.0 Å². The molecule has 1 aliphatic rings. The highest BCUT2D eigenvalue weighted by atomic mass is 35.5. The molecule has 242 valence electrons. The van der Waals surface area contributed by atoms with Gasteiger partial charge in [0.1, 0.15) is 5.75 Å². The zero-order chi connectivity index (χ0) is 32.5. The lowest BCUT2D eigenvalue weighted by atomic mass is 9.85. The second-order valence-electron chi connectivity index (χ2n) is 10.9. The number of carbonyl (C=O) groups is 1. The summed E-state index contributed by atoms with van der Waals surface area (Å²) >= 11 is 12.9. The van der Waals surface area contributed by atoms with E-state index in [9.17, 15) is 13.2 Å². The molecule has 12 heteroatoms. The third-order valence-electron chi connectivity index (χ3n) is 7.19. The maximum atomic E-state index is 14.2. The summed E-state index contributed by atoms with van der Waals surface area (Å²) in [5.41, 5.74) is -0.686. The fraction of sp³-hybridized carbons (Fsp3) is 0.394. The number of rotatable bonds is 16. The summed E-state index contributed by atoms with van der Waals surface area (Å²) in [6.45, 7) is 4.96. The average Bonchev–Trinajstić information content (AvgIpc) is 3.41. The van der Waals surface area contributed by atoms with Crippen molar-refractivity contribution < 1.29 is 32.5 Å². The summed E-state index contributed by atoms with van der Waals surface area (Å²) in [5.74, 6) is -0.126. The third kappa shape index (κ3) is 8.98. The maximum absolute atomic E-state index is 14.2. The van der Waals surface area contributed by atoms with Crippen LogP contribution in [0.5, 0.6) is 5.75 Å². The molecular formula is C33H38Cl2N2O7S. The Kier molecular flexibility index (Phi) is 12.3. The number of carbonyl (C=O) groups excluding carboxylic acids is 1. The topological polar surface area (TPSA) is 124 Å². The summed E-state index contributed by atoms with van der Waals surface area (Å²) in [6.07, 6.45) is -0.157. The van der Waals surface area contributed by atoms with Gasteiger partial charge in [0.05, 0.1) is 23.4 Å². The van der Waals surface area contributed by atoms with Crippen LogP contribution in [-0.4, -0.2) is 69.1 Å². The van der Waals surface area contributed by atoms with E-state index in [-0.39, 0.29) is 47.2 Å². The SMILES string of the molecule is CC(C)OCCCNC(=O)[C@]1(CCS(=O)(=O)c2ccccc2)N=C(c2ccc(OCCCO)cc2)O[C@@H]1c1ccc(Cl)cc1Cl. The maximum Gasteiger partial charge on any atom is 0.252 e. The number of aliphatic hydroxyl groups excluding tert-OH is 1. The Hall–Kier alpha value is -3.15. The molecule has 1 heterocycles. The first-order valence-corrected chi connectivity index (χ1v) is 17.2. The molecule has 9 nitrogen and oxygen atoms in total. The van der Waals surface area contributed by atoms with E-state index < -0.39 is 27.4 Å². The van der Waals surface area contributed by atoms with Gasteiger partial charge >= 0.3 is 0 Å². The summed E-state index contributed by atoms with van der Waals surface area (Å²) < 4.78 is 44.6. The lowest BCUT2D eigenvalue weighted by molar-refractivity contribution is -0.129. The number of benzene rings is 3. The van der Waals surface area contributed by atoms with Crippen LogP contribution in [0, 0.1) is 0 Å². The van der Waals surface area contributed by atoms with Crippen molar-refractivity contribution in [2.75, 3.05) is 32.1 Å². The zero-order valence-corrected chi connectivity index (χ0v) is 27.6. The number of amides is 1. The number of hydrogen-bond donors (Lipinski definition) is 2. The number of hydrogen-bond acceptors (Lipinski definition) is 8. The summed E-state index contributed by atoms with van der Waals surface area (Å²) in [4.78, 5) is 19.2. The Morgan fingerprint density at radius 2 is 1.78 bits per heavy atom. The van der Waals surface area contributed by atoms with Gasteiger partial charge < -0.3 is 24.6 Å². The van der Waals surface area contributed by atoms with Gasteiger partial charge in [-0.05, 0) is 68.8 Å². The molecule has 0 fully saturated rings. The van der Waals surface area contributed by atoms with Gasteiger partial charge in [-0.15, -0.1) is 0 Å². The van der Waals surface area contributed by atoms with Crippen LogP contribution < -0.4 is 10.1 Å². The predicted molar refractivity (Wildman–Crippen MR) is 175 cm³/mol. The highest BCUT2D eigenvalue weighted by Gasteiger charge is 2.54. The van der Waals surface area contributed by atoms with Gasteiger partial charge in [-0.3, -0.25) is 4.79 Å². The highest BCUT2D eigenvalue weighted by molar-refractivity contribution is 7.91. The molecular weight excluding hydrogens is 639 g/mol. The van der Waals surface area contributed by atoms with Crippen molar-refractivity contribution in [1.82, 2.24) is 5.32 Å². The number of sulfone groups is 1. The van der Waals surface area contributed by atoms with Crippen LogP contribution in [0.4, 0.5) is 0 Å². The van der Waals surface area contributed by atoms with Gasteiger partial charge in [0, 0.05) is 53.8 Å². The number of aliphatic imine (C=N–C) groups is 1. The largest absolute Gasteiger partial charge is 0.494 e. The third-order valence-corrected chi connectivity index (χ3v) is 9.48. The molecule has 1 aliphatic heterocycles. The lowest BCUT2D eigenvalue weighted by Gasteiger charge is -2.31. The Morgan fingerprint density at radius 3 is 2.44 bits per heavy atom. The van der Waals surface area contributed by atoms with Crippen LogP contribution in [0.1, 0.15) is 50.3 Å². The Balaban J connectivity index is 1.74. The second-order valence-corrected chi connectivity index (χ2v) is 13.8. The van der Waals surface area contributed by atoms with Crippen LogP contribution in [0.3, 0.4) is 0 Å². The van der Waals surface area contributed by atoms with Gasteiger partial charge in [-0.1, -0.05) is 47.5 Å². The van der Waals surface area contributed by atoms with Crippen LogP contribution in [0.25, 0.3) is 0 Å². The van der Waals surface area contributed by atoms with E-state index in [2.05, 4.69) is 5.32 Å². The highest BCUT2D eigenvalue weighted by Crippen LogP contribution is 2.45. The molecule has 2 atom stereocenters. The van der Waals surface area contributed by atoms with Gasteiger partial charge in [-0.2, -0.15) is 0 Å². The Morgan fingerprint density at radius 1 is 1.04 bits per heavy atom. The van der Waals surface area contributed by atoms with Crippen molar-refractivity contribution in [2.24, 2.45) is 4.99 Å². The van der Waals surface area contributed by atoms with Crippen molar-refractivity contribution >= 4 is 44.8 Å². The molecule has 0 aromatic heterocycles. The van der Waals surface area contributed by atoms with Crippen molar-refractivity contribution in [3.05, 3.63) is 94.0 Å². The molecule has 1 amide bonds. The van der Waals surface area contributed by atoms with Gasteiger partial charge in [0.25, 0.3) is 5.91 Å². The minimum absolute atomic E-state index is 0.0201. The summed E-state index contributed by atoms with van der Waals surface area (Å²) in [6, 6.07) is 19.9. The normalized spacial score (nSPS) is 18.0. The van der Waals surface area contributed by atoms with Crippen molar-refractivity contribution in [3.63, 3.8) is 0 Å². The van der Waals surface area contributed by atoms with E-state index in [1.165, 1.54) is 12.1 Å². The first-order valence-electron chi connectivity index (χ1n) is 14.8. The smallest absolute Gasteiger partial charge is 0.252 e. The molecule has 0 saturated heterocycles. The first-order chi connectivity index (χ1) is 21.6. The van der Waals surface area contributed by atoms with Crippen LogP contribution >= 0.6 is 23.2 Å². The van der Waals surface area contributed by atoms with E-state index in [4.69, 9.17) is 47.5 Å². The minimum atomic E-state index is -3.79. The summed E-state index contributed by atoms with van der Waals surface area (Å²) in [5, 5.41) is 12.6. The minimum Gasteiger partial charge on any atom is -0.494 e. The van der Waals surface area contributed by atoms with E-state index in [0.717, 1.165) is 0 Å². The number of halogens is 2. The van der Waals surface area contributed by atoms with Crippen molar-refractivity contribution in [3.8, 4) is 5.75 Å². The zero-order valence-electron chi connectivity index (χ0n) is 25.2. The van der Waals surface area contributed by atoms with Gasteiger partial charge in [0.15, 0.2) is 21.5 Å². The molecule has 4 rings (SSSR count). The number of aliphatic hydroxyl groups is 1. The fourth-order valence-electron chi connectivity index (χ4n) is 4.84. The molecule has 2 N–H and O–H groups in total. The van der Waals surface area contributed by atoms with Crippen LogP contribution in [0.2, 0.25) is 10.0 Å². The molecule has 3 aromatic rings.